The number of amides is 2. The SMILES string of the molecule is COC(=O)C(C)NC(=O)Nc1ccc(C(C)N=O)cc1. The number of nitroso groups, excluding NO2 is 1. The summed E-state index contributed by atoms with van der Waals surface area (Å²) in [6.45, 7) is 3.20. The summed E-state index contributed by atoms with van der Waals surface area (Å²) in [7, 11) is 1.25. The largest absolute Gasteiger partial charge is 0.467 e. The molecule has 0 aliphatic heterocycles. The molecule has 0 heterocycles. The van der Waals surface area contributed by atoms with Crippen LogP contribution in [0.1, 0.15) is 25.5 Å². The summed E-state index contributed by atoms with van der Waals surface area (Å²) in [5.74, 6) is -0.526. The number of carbonyl (C=O) groups is 2. The van der Waals surface area contributed by atoms with Crippen LogP contribution >= 0.6 is 0 Å². The first-order valence-corrected chi connectivity index (χ1v) is 6.05. The van der Waals surface area contributed by atoms with E-state index >= 15 is 0 Å². The summed E-state index contributed by atoms with van der Waals surface area (Å²) < 4.78 is 4.50. The van der Waals surface area contributed by atoms with Crippen LogP contribution in [0.4, 0.5) is 10.5 Å². The lowest BCUT2D eigenvalue weighted by Gasteiger charge is -2.13. The molecule has 0 spiro atoms. The summed E-state index contributed by atoms with van der Waals surface area (Å²) in [5.41, 5.74) is 1.30. The van der Waals surface area contributed by atoms with Crippen LogP contribution < -0.4 is 10.6 Å². The van der Waals surface area contributed by atoms with Gasteiger partial charge in [0.15, 0.2) is 0 Å². The lowest BCUT2D eigenvalue weighted by Crippen LogP contribution is -2.41. The highest BCUT2D eigenvalue weighted by molar-refractivity contribution is 5.92. The van der Waals surface area contributed by atoms with Crippen molar-refractivity contribution in [2.45, 2.75) is 25.9 Å². The molecule has 7 heteroatoms. The third-order valence-corrected chi connectivity index (χ3v) is 2.71. The van der Waals surface area contributed by atoms with Gasteiger partial charge in [0.2, 0.25) is 0 Å². The van der Waals surface area contributed by atoms with Crippen molar-refractivity contribution in [2.75, 3.05) is 12.4 Å². The van der Waals surface area contributed by atoms with Gasteiger partial charge in [-0.2, -0.15) is 4.91 Å². The highest BCUT2D eigenvalue weighted by Crippen LogP contribution is 2.18. The maximum atomic E-state index is 11.6. The number of urea groups is 1. The predicted octanol–water partition coefficient (Wildman–Crippen LogP) is 2.20. The number of benzene rings is 1. The van der Waals surface area contributed by atoms with Crippen molar-refractivity contribution in [3.05, 3.63) is 34.7 Å². The number of anilines is 1. The van der Waals surface area contributed by atoms with Gasteiger partial charge in [-0.3, -0.25) is 0 Å². The molecule has 2 N–H and O–H groups in total. The van der Waals surface area contributed by atoms with E-state index in [-0.39, 0.29) is 0 Å². The molecule has 1 rings (SSSR count). The van der Waals surface area contributed by atoms with E-state index < -0.39 is 24.1 Å². The Hall–Kier alpha value is -2.44. The molecule has 2 unspecified atom stereocenters. The van der Waals surface area contributed by atoms with Crippen molar-refractivity contribution in [3.8, 4) is 0 Å². The first-order valence-electron chi connectivity index (χ1n) is 6.05. The topological polar surface area (TPSA) is 96.9 Å². The van der Waals surface area contributed by atoms with Gasteiger partial charge in [0.05, 0.1) is 7.11 Å². The number of rotatable bonds is 5. The Bertz CT molecular complexity index is 487. The molecule has 0 aliphatic rings. The van der Waals surface area contributed by atoms with Gasteiger partial charge in [0.1, 0.15) is 12.1 Å². The summed E-state index contributed by atoms with van der Waals surface area (Å²) >= 11 is 0. The van der Waals surface area contributed by atoms with Gasteiger partial charge in [0.25, 0.3) is 0 Å². The molecule has 0 aliphatic carbocycles. The molecule has 2 amide bonds. The fourth-order valence-corrected chi connectivity index (χ4v) is 1.51. The number of ether oxygens (including phenoxy) is 1. The lowest BCUT2D eigenvalue weighted by molar-refractivity contribution is -0.142. The van der Waals surface area contributed by atoms with Crippen molar-refractivity contribution in [1.82, 2.24) is 5.32 Å². The molecule has 0 aromatic heterocycles. The summed E-state index contributed by atoms with van der Waals surface area (Å²) in [6, 6.07) is 5.02. The van der Waals surface area contributed by atoms with Crippen LogP contribution in [-0.4, -0.2) is 25.2 Å². The molecule has 108 valence electrons. The number of hydrogen-bond donors (Lipinski definition) is 2. The summed E-state index contributed by atoms with van der Waals surface area (Å²) in [4.78, 5) is 33.2. The van der Waals surface area contributed by atoms with Crippen molar-refractivity contribution in [3.63, 3.8) is 0 Å². The van der Waals surface area contributed by atoms with Crippen LogP contribution in [0, 0.1) is 4.91 Å². The molecule has 1 aromatic carbocycles. The van der Waals surface area contributed by atoms with Crippen LogP contribution in [-0.2, 0) is 9.53 Å². The lowest BCUT2D eigenvalue weighted by atomic mass is 10.1. The van der Waals surface area contributed by atoms with Crippen LogP contribution in [0.5, 0.6) is 0 Å². The first kappa shape index (κ1) is 15.6. The second kappa shape index (κ2) is 7.22. The molecule has 1 aromatic rings. The Morgan fingerprint density at radius 1 is 1.20 bits per heavy atom. The number of nitrogens with zero attached hydrogens (tertiary/aromatic N) is 1. The zero-order valence-corrected chi connectivity index (χ0v) is 11.5. The maximum absolute atomic E-state index is 11.6. The summed E-state index contributed by atoms with van der Waals surface area (Å²) in [6.07, 6.45) is 0. The van der Waals surface area contributed by atoms with Crippen LogP contribution in [0.25, 0.3) is 0 Å². The standard InChI is InChI=1S/C13H17N3O4/c1-8(16-19)10-4-6-11(7-5-10)15-13(18)14-9(2)12(17)20-3/h4-9H,1-3H3,(H2,14,15,18). The second-order valence-corrected chi connectivity index (χ2v) is 4.25. The monoisotopic (exact) mass is 279 g/mol. The molecule has 0 bridgehead atoms. The minimum atomic E-state index is -0.737. The number of carbonyl (C=O) groups excluding carboxylic acids is 2. The highest BCUT2D eigenvalue weighted by atomic mass is 16.5. The molecular formula is C13H17N3O4. The zero-order chi connectivity index (χ0) is 15.1. The van der Waals surface area contributed by atoms with Gasteiger partial charge in [-0.15, -0.1) is 0 Å². The van der Waals surface area contributed by atoms with Crippen molar-refractivity contribution < 1.29 is 14.3 Å². The number of nitrogens with one attached hydrogen (secondary N) is 2. The molecule has 0 saturated carbocycles. The van der Waals surface area contributed by atoms with Gasteiger partial charge < -0.3 is 15.4 Å². The van der Waals surface area contributed by atoms with Gasteiger partial charge >= 0.3 is 12.0 Å². The Morgan fingerprint density at radius 3 is 2.30 bits per heavy atom. The van der Waals surface area contributed by atoms with E-state index in [1.165, 1.54) is 14.0 Å². The van der Waals surface area contributed by atoms with E-state index in [1.54, 1.807) is 31.2 Å². The average Bonchev–Trinajstić information content (AvgIpc) is 2.46. The quantitative estimate of drug-likeness (QED) is 0.637. The molecule has 2 atom stereocenters. The smallest absolute Gasteiger partial charge is 0.328 e. The molecule has 20 heavy (non-hydrogen) atoms. The van der Waals surface area contributed by atoms with E-state index in [1.807, 2.05) is 0 Å². The fourth-order valence-electron chi connectivity index (χ4n) is 1.51. The Balaban J connectivity index is 2.58. The number of esters is 1. The van der Waals surface area contributed by atoms with Crippen molar-refractivity contribution in [1.29, 1.82) is 0 Å². The molecule has 0 saturated heterocycles. The first-order chi connectivity index (χ1) is 9.47. The number of methoxy groups -OCH3 is 1. The van der Waals surface area contributed by atoms with E-state index in [9.17, 15) is 14.5 Å². The predicted molar refractivity (Wildman–Crippen MR) is 74.3 cm³/mol. The zero-order valence-electron chi connectivity index (χ0n) is 11.5. The van der Waals surface area contributed by atoms with E-state index in [2.05, 4.69) is 20.5 Å². The van der Waals surface area contributed by atoms with E-state index in [0.717, 1.165) is 5.56 Å². The van der Waals surface area contributed by atoms with Crippen LogP contribution in [0.15, 0.2) is 29.4 Å². The van der Waals surface area contributed by atoms with Gasteiger partial charge in [0, 0.05) is 5.69 Å². The van der Waals surface area contributed by atoms with E-state index in [4.69, 9.17) is 0 Å². The molecule has 0 fully saturated rings. The maximum Gasteiger partial charge on any atom is 0.328 e. The van der Waals surface area contributed by atoms with Gasteiger partial charge in [-0.25, -0.2) is 9.59 Å². The van der Waals surface area contributed by atoms with Gasteiger partial charge in [-0.1, -0.05) is 17.3 Å². The van der Waals surface area contributed by atoms with E-state index in [0.29, 0.717) is 5.69 Å². The molecular weight excluding hydrogens is 262 g/mol. The molecule has 7 nitrogen and oxygen atoms in total. The molecule has 0 radical (unpaired) electrons. The highest BCUT2D eigenvalue weighted by Gasteiger charge is 2.15. The third-order valence-electron chi connectivity index (χ3n) is 2.71. The Morgan fingerprint density at radius 2 is 1.80 bits per heavy atom. The normalized spacial score (nSPS) is 12.9. The van der Waals surface area contributed by atoms with Crippen molar-refractivity contribution >= 4 is 17.7 Å². The number of hydrogen-bond acceptors (Lipinski definition) is 5. The van der Waals surface area contributed by atoms with Crippen LogP contribution in [0.3, 0.4) is 0 Å². The van der Waals surface area contributed by atoms with Gasteiger partial charge in [-0.05, 0) is 31.5 Å². The minimum Gasteiger partial charge on any atom is -0.467 e. The minimum absolute atomic E-state index is 0.433. The van der Waals surface area contributed by atoms with Crippen molar-refractivity contribution in [2.24, 2.45) is 5.18 Å². The van der Waals surface area contributed by atoms with Crippen LogP contribution in [0.2, 0.25) is 0 Å². The Kier molecular flexibility index (Phi) is 5.64. The summed E-state index contributed by atoms with van der Waals surface area (Å²) in [5, 5.41) is 7.92. The third kappa shape index (κ3) is 4.34. The average molecular weight is 279 g/mol. The Labute approximate surface area is 116 Å². The second-order valence-electron chi connectivity index (χ2n) is 4.25. The fraction of sp³-hybridized carbons (Fsp3) is 0.385.